The van der Waals surface area contributed by atoms with Crippen LogP contribution in [-0.2, 0) is 21.3 Å². The van der Waals surface area contributed by atoms with Crippen LogP contribution in [0.25, 0.3) is 10.9 Å². The Morgan fingerprint density at radius 2 is 1.94 bits per heavy atom. The maximum atomic E-state index is 11.4. The van der Waals surface area contributed by atoms with E-state index in [1.807, 2.05) is 0 Å². The number of benzene rings is 1. The standard InChI is InChI=1S/C11H11NO5S/c13-10(14)6-5-9-11(18(15,16)17)7-3-1-2-4-8(7)12-9/h1-4,12H,5-6H2,(H,13,14)(H,15,16,17). The van der Waals surface area contributed by atoms with E-state index in [4.69, 9.17) is 5.11 Å². The number of aromatic amines is 1. The van der Waals surface area contributed by atoms with E-state index in [2.05, 4.69) is 4.98 Å². The van der Waals surface area contributed by atoms with Crippen molar-refractivity contribution >= 4 is 27.0 Å². The van der Waals surface area contributed by atoms with Crippen molar-refractivity contribution in [1.82, 2.24) is 4.98 Å². The van der Waals surface area contributed by atoms with Crippen LogP contribution in [-0.4, -0.2) is 29.0 Å². The van der Waals surface area contributed by atoms with Gasteiger partial charge in [-0.2, -0.15) is 8.42 Å². The van der Waals surface area contributed by atoms with Crippen molar-refractivity contribution in [2.75, 3.05) is 0 Å². The minimum atomic E-state index is -4.39. The van der Waals surface area contributed by atoms with Crippen LogP contribution < -0.4 is 0 Å². The summed E-state index contributed by atoms with van der Waals surface area (Å²) in [6.45, 7) is 0. The number of nitrogens with one attached hydrogen (secondary N) is 1. The van der Waals surface area contributed by atoms with Crippen LogP contribution >= 0.6 is 0 Å². The van der Waals surface area contributed by atoms with Gasteiger partial charge in [-0.15, -0.1) is 0 Å². The summed E-state index contributed by atoms with van der Waals surface area (Å²) in [6.07, 6.45) is -0.200. The number of carbonyl (C=O) groups is 1. The smallest absolute Gasteiger partial charge is 0.303 e. The van der Waals surface area contributed by atoms with Crippen molar-refractivity contribution in [3.63, 3.8) is 0 Å². The fraction of sp³-hybridized carbons (Fsp3) is 0.182. The number of rotatable bonds is 4. The molecular weight excluding hydrogens is 258 g/mol. The number of carboxylic acid groups (broad SMARTS) is 1. The zero-order valence-corrected chi connectivity index (χ0v) is 10.1. The lowest BCUT2D eigenvalue weighted by atomic mass is 10.2. The summed E-state index contributed by atoms with van der Waals surface area (Å²) < 4.78 is 31.9. The second-order valence-electron chi connectivity index (χ2n) is 3.85. The number of aryl methyl sites for hydroxylation is 1. The largest absolute Gasteiger partial charge is 0.481 e. The summed E-state index contributed by atoms with van der Waals surface area (Å²) in [5.74, 6) is -1.03. The molecule has 18 heavy (non-hydrogen) atoms. The number of hydrogen-bond acceptors (Lipinski definition) is 3. The van der Waals surface area contributed by atoms with Gasteiger partial charge in [0.15, 0.2) is 0 Å². The monoisotopic (exact) mass is 269 g/mol. The zero-order chi connectivity index (χ0) is 13.3. The SMILES string of the molecule is O=C(O)CCc1[nH]c2ccccc2c1S(=O)(=O)O. The lowest BCUT2D eigenvalue weighted by Crippen LogP contribution is -2.04. The molecule has 3 N–H and O–H groups in total. The lowest BCUT2D eigenvalue weighted by molar-refractivity contribution is -0.137. The Labute approximate surface area is 103 Å². The molecule has 1 aromatic carbocycles. The molecular formula is C11H11NO5S. The number of aliphatic carboxylic acids is 1. The Balaban J connectivity index is 2.61. The minimum absolute atomic E-state index is 0.0130. The molecule has 7 heteroatoms. The normalized spacial score (nSPS) is 11.8. The number of aromatic nitrogens is 1. The molecule has 0 saturated heterocycles. The maximum absolute atomic E-state index is 11.4. The van der Waals surface area contributed by atoms with Crippen molar-refractivity contribution in [3.8, 4) is 0 Å². The van der Waals surface area contributed by atoms with Gasteiger partial charge < -0.3 is 10.1 Å². The van der Waals surface area contributed by atoms with Crippen molar-refractivity contribution in [2.45, 2.75) is 17.7 Å². The highest BCUT2D eigenvalue weighted by molar-refractivity contribution is 7.86. The van der Waals surface area contributed by atoms with Crippen molar-refractivity contribution in [3.05, 3.63) is 30.0 Å². The Morgan fingerprint density at radius 1 is 1.28 bits per heavy atom. The van der Waals surface area contributed by atoms with Crippen LogP contribution in [0.4, 0.5) is 0 Å². The molecule has 1 heterocycles. The van der Waals surface area contributed by atoms with Gasteiger partial charge in [-0.3, -0.25) is 9.35 Å². The predicted molar refractivity (Wildman–Crippen MR) is 64.1 cm³/mol. The summed E-state index contributed by atoms with van der Waals surface area (Å²) in [7, 11) is -4.39. The molecule has 0 spiro atoms. The van der Waals surface area contributed by atoms with Gasteiger partial charge in [-0.25, -0.2) is 0 Å². The van der Waals surface area contributed by atoms with Gasteiger partial charge in [-0.05, 0) is 12.5 Å². The molecule has 0 aliphatic rings. The highest BCUT2D eigenvalue weighted by Gasteiger charge is 2.22. The first kappa shape index (κ1) is 12.6. The van der Waals surface area contributed by atoms with Crippen molar-refractivity contribution in [2.24, 2.45) is 0 Å². The first-order valence-corrected chi connectivity index (χ1v) is 6.62. The van der Waals surface area contributed by atoms with E-state index in [-0.39, 0.29) is 23.4 Å². The molecule has 2 aromatic rings. The Morgan fingerprint density at radius 3 is 2.56 bits per heavy atom. The van der Waals surface area contributed by atoms with E-state index in [0.29, 0.717) is 10.9 Å². The molecule has 0 aliphatic carbocycles. The Bertz CT molecular complexity index is 701. The summed E-state index contributed by atoms with van der Waals surface area (Å²) in [4.78, 5) is 13.1. The van der Waals surface area contributed by atoms with Crippen LogP contribution in [0.1, 0.15) is 12.1 Å². The molecule has 0 saturated carbocycles. The average Bonchev–Trinajstić information content (AvgIpc) is 2.63. The van der Waals surface area contributed by atoms with E-state index < -0.39 is 16.1 Å². The first-order valence-electron chi connectivity index (χ1n) is 5.18. The van der Waals surface area contributed by atoms with Gasteiger partial charge in [0, 0.05) is 16.6 Å². The highest BCUT2D eigenvalue weighted by Crippen LogP contribution is 2.27. The summed E-state index contributed by atoms with van der Waals surface area (Å²) in [5, 5.41) is 8.98. The molecule has 0 fully saturated rings. The molecule has 0 radical (unpaired) electrons. The Hall–Kier alpha value is -1.86. The van der Waals surface area contributed by atoms with E-state index in [0.717, 1.165) is 0 Å². The van der Waals surface area contributed by atoms with Crippen LogP contribution in [0.5, 0.6) is 0 Å². The van der Waals surface area contributed by atoms with Crippen LogP contribution in [0.2, 0.25) is 0 Å². The molecule has 2 rings (SSSR count). The van der Waals surface area contributed by atoms with Crippen molar-refractivity contribution < 1.29 is 22.9 Å². The fourth-order valence-corrected chi connectivity index (χ4v) is 2.79. The second kappa shape index (κ2) is 4.43. The zero-order valence-electron chi connectivity index (χ0n) is 9.25. The third kappa shape index (κ3) is 2.36. The summed E-state index contributed by atoms with van der Waals surface area (Å²) in [5.41, 5.74) is 0.756. The first-order chi connectivity index (χ1) is 8.39. The third-order valence-electron chi connectivity index (χ3n) is 2.58. The maximum Gasteiger partial charge on any atom is 0.303 e. The van der Waals surface area contributed by atoms with Gasteiger partial charge in [0.05, 0.1) is 6.42 Å². The van der Waals surface area contributed by atoms with E-state index in [1.165, 1.54) is 0 Å². The molecule has 96 valence electrons. The van der Waals surface area contributed by atoms with Gasteiger partial charge in [0.25, 0.3) is 10.1 Å². The highest BCUT2D eigenvalue weighted by atomic mass is 32.2. The number of hydrogen-bond donors (Lipinski definition) is 3. The Kier molecular flexibility index (Phi) is 3.10. The molecule has 0 atom stereocenters. The van der Waals surface area contributed by atoms with Crippen LogP contribution in [0, 0.1) is 0 Å². The van der Waals surface area contributed by atoms with E-state index in [1.54, 1.807) is 24.3 Å². The number of carboxylic acids is 1. The van der Waals surface area contributed by atoms with E-state index in [9.17, 15) is 17.8 Å². The van der Waals surface area contributed by atoms with Crippen molar-refractivity contribution in [1.29, 1.82) is 0 Å². The van der Waals surface area contributed by atoms with Gasteiger partial charge in [-0.1, -0.05) is 18.2 Å². The lowest BCUT2D eigenvalue weighted by Gasteiger charge is -1.99. The topological polar surface area (TPSA) is 107 Å². The quantitative estimate of drug-likeness (QED) is 0.728. The molecule has 1 aromatic heterocycles. The predicted octanol–water partition coefficient (Wildman–Crippen LogP) is 1.43. The molecule has 0 aliphatic heterocycles. The number of fused-ring (bicyclic) bond motifs is 1. The van der Waals surface area contributed by atoms with Gasteiger partial charge >= 0.3 is 5.97 Å². The summed E-state index contributed by atoms with van der Waals surface area (Å²) in [6, 6.07) is 6.58. The molecule has 0 amide bonds. The molecule has 0 unspecified atom stereocenters. The second-order valence-corrected chi connectivity index (χ2v) is 5.21. The minimum Gasteiger partial charge on any atom is -0.481 e. The van der Waals surface area contributed by atoms with E-state index >= 15 is 0 Å². The summed E-state index contributed by atoms with van der Waals surface area (Å²) >= 11 is 0. The number of H-pyrrole nitrogens is 1. The fourth-order valence-electron chi connectivity index (χ4n) is 1.87. The third-order valence-corrected chi connectivity index (χ3v) is 3.56. The van der Waals surface area contributed by atoms with Crippen LogP contribution in [0.3, 0.4) is 0 Å². The average molecular weight is 269 g/mol. The van der Waals surface area contributed by atoms with Gasteiger partial charge in [0.1, 0.15) is 4.90 Å². The van der Waals surface area contributed by atoms with Crippen LogP contribution in [0.15, 0.2) is 29.2 Å². The molecule has 6 nitrogen and oxygen atoms in total. The number of para-hydroxylation sites is 1. The van der Waals surface area contributed by atoms with Gasteiger partial charge in [0.2, 0.25) is 0 Å². The molecule has 0 bridgehead atoms.